The fraction of sp³-hybridized carbons (Fsp3) is 0.520. The van der Waals surface area contributed by atoms with Crippen LogP contribution in [0.3, 0.4) is 0 Å². The minimum atomic E-state index is -2.51. The molecule has 0 unspecified atom stereocenters. The second kappa shape index (κ2) is 8.00. The van der Waals surface area contributed by atoms with E-state index < -0.39 is 7.04 Å². The highest BCUT2D eigenvalue weighted by molar-refractivity contribution is 5.54. The molecular formula is C25H34N2O2. The van der Waals surface area contributed by atoms with Crippen LogP contribution < -0.4 is 14.8 Å². The van der Waals surface area contributed by atoms with Gasteiger partial charge in [-0.05, 0) is 34.7 Å². The van der Waals surface area contributed by atoms with Crippen molar-refractivity contribution in [3.63, 3.8) is 0 Å². The van der Waals surface area contributed by atoms with E-state index in [1.807, 2.05) is 6.07 Å². The molecule has 0 radical (unpaired) electrons. The normalized spacial score (nSPS) is 23.1. The Morgan fingerprint density at radius 3 is 2.93 bits per heavy atom. The minimum absolute atomic E-state index is 0.180. The van der Waals surface area contributed by atoms with Crippen LogP contribution in [0.5, 0.6) is 11.5 Å². The first-order chi connectivity index (χ1) is 15.0. The lowest BCUT2D eigenvalue weighted by Gasteiger charge is -2.35. The summed E-state index contributed by atoms with van der Waals surface area (Å²) in [7, 11) is -2.51. The van der Waals surface area contributed by atoms with Gasteiger partial charge >= 0.3 is 0 Å². The molecule has 1 N–H and O–H groups in total. The van der Waals surface area contributed by atoms with Crippen molar-refractivity contribution in [3.05, 3.63) is 58.7 Å². The van der Waals surface area contributed by atoms with Gasteiger partial charge in [0.2, 0.25) is 0 Å². The average molecular weight is 398 g/mol. The lowest BCUT2D eigenvalue weighted by Crippen LogP contribution is -2.45. The van der Waals surface area contributed by atoms with Crippen molar-refractivity contribution in [1.82, 2.24) is 10.2 Å². The summed E-state index contributed by atoms with van der Waals surface area (Å²) >= 11 is 0. The van der Waals surface area contributed by atoms with Gasteiger partial charge in [-0.2, -0.15) is 0 Å². The average Bonchev–Trinajstić information content (AvgIpc) is 3.02. The van der Waals surface area contributed by atoms with Crippen LogP contribution in [0.4, 0.5) is 0 Å². The number of piperazine rings is 1. The summed E-state index contributed by atoms with van der Waals surface area (Å²) in [5.41, 5.74) is 4.64. The fourth-order valence-corrected chi connectivity index (χ4v) is 4.58. The van der Waals surface area contributed by atoms with Crippen molar-refractivity contribution >= 4 is 0 Å². The summed E-state index contributed by atoms with van der Waals surface area (Å²) in [6, 6.07) is 13.0. The number of ether oxygens (including phenoxy) is 2. The molecule has 2 aliphatic heterocycles. The van der Waals surface area contributed by atoms with Gasteiger partial charge in [-0.1, -0.05) is 52.0 Å². The molecule has 0 bridgehead atoms. The summed E-state index contributed by atoms with van der Waals surface area (Å²) in [5.74, 6) is 1.36. The smallest absolute Gasteiger partial charge is 0.165 e. The first kappa shape index (κ1) is 16.7. The summed E-state index contributed by atoms with van der Waals surface area (Å²) in [5, 5.41) is 3.68. The summed E-state index contributed by atoms with van der Waals surface area (Å²) in [6.45, 7) is 12.7. The standard InChI is InChI=1S/C25H34N2O2/c1-17(2)19-8-6-7-9-20(19)22-15-27(11-10-26-22)14-18-12-21-24(23(13-18)28-5)29-16-25(21,3)4/h6-9,12-13,17,22,26H,10-11,14-16H2,1-5H3/t22-/m0/s1/i5D3. The number of benzene rings is 2. The van der Waals surface area contributed by atoms with Gasteiger partial charge in [0.15, 0.2) is 11.5 Å². The maximum absolute atomic E-state index is 7.57. The van der Waals surface area contributed by atoms with E-state index >= 15 is 0 Å². The van der Waals surface area contributed by atoms with Gasteiger partial charge in [0, 0.05) is 43.2 Å². The Morgan fingerprint density at radius 2 is 2.14 bits per heavy atom. The summed E-state index contributed by atoms with van der Waals surface area (Å²) in [4.78, 5) is 2.43. The van der Waals surface area contributed by atoms with E-state index in [1.54, 1.807) is 0 Å². The first-order valence-electron chi connectivity index (χ1n) is 12.1. The molecule has 1 saturated heterocycles. The van der Waals surface area contributed by atoms with Crippen LogP contribution >= 0.6 is 0 Å². The molecule has 0 spiro atoms. The molecule has 1 atom stereocenters. The maximum atomic E-state index is 7.57. The van der Waals surface area contributed by atoms with E-state index in [-0.39, 0.29) is 11.5 Å². The molecule has 156 valence electrons. The largest absolute Gasteiger partial charge is 0.493 e. The number of rotatable bonds is 5. The molecule has 2 aromatic rings. The molecule has 4 rings (SSSR count). The number of nitrogens with one attached hydrogen (secondary N) is 1. The minimum Gasteiger partial charge on any atom is -0.493 e. The third kappa shape index (κ3) is 4.01. The van der Waals surface area contributed by atoms with E-state index in [9.17, 15) is 0 Å². The number of fused-ring (bicyclic) bond motifs is 1. The predicted octanol–water partition coefficient (Wildman–Crippen LogP) is 4.64. The Morgan fingerprint density at radius 1 is 1.31 bits per heavy atom. The maximum Gasteiger partial charge on any atom is 0.165 e. The third-order valence-electron chi connectivity index (χ3n) is 6.19. The van der Waals surface area contributed by atoms with E-state index in [4.69, 9.17) is 13.6 Å². The molecule has 0 aliphatic carbocycles. The predicted molar refractivity (Wildman–Crippen MR) is 118 cm³/mol. The van der Waals surface area contributed by atoms with E-state index in [0.29, 0.717) is 24.0 Å². The SMILES string of the molecule is [2H]C([2H])([2H])Oc1cc(CN2CCN[C@H](c3ccccc3C(C)C)C2)cc2c1OCC2(C)C. The molecule has 2 aromatic carbocycles. The fourth-order valence-electron chi connectivity index (χ4n) is 4.58. The van der Waals surface area contributed by atoms with Gasteiger partial charge in [0.1, 0.15) is 0 Å². The van der Waals surface area contributed by atoms with Crippen LogP contribution in [0.1, 0.15) is 66.0 Å². The molecule has 0 aromatic heterocycles. The highest BCUT2D eigenvalue weighted by atomic mass is 16.5. The van der Waals surface area contributed by atoms with Gasteiger partial charge < -0.3 is 14.8 Å². The lowest BCUT2D eigenvalue weighted by molar-refractivity contribution is 0.192. The molecule has 1 fully saturated rings. The monoisotopic (exact) mass is 397 g/mol. The number of nitrogens with zero attached hydrogens (tertiary/aromatic N) is 1. The first-order valence-corrected chi connectivity index (χ1v) is 10.6. The quantitative estimate of drug-likeness (QED) is 0.797. The molecule has 0 amide bonds. The Kier molecular flexibility index (Phi) is 4.61. The van der Waals surface area contributed by atoms with Gasteiger partial charge in [-0.25, -0.2) is 0 Å². The van der Waals surface area contributed by atoms with E-state index in [0.717, 1.165) is 37.3 Å². The Labute approximate surface area is 179 Å². The van der Waals surface area contributed by atoms with Crippen LogP contribution in [-0.2, 0) is 12.0 Å². The van der Waals surface area contributed by atoms with Crippen LogP contribution in [0.2, 0.25) is 0 Å². The van der Waals surface area contributed by atoms with Crippen molar-refractivity contribution in [1.29, 1.82) is 0 Å². The van der Waals surface area contributed by atoms with Crippen LogP contribution in [0.15, 0.2) is 36.4 Å². The number of hydrogen-bond acceptors (Lipinski definition) is 4. The third-order valence-corrected chi connectivity index (χ3v) is 6.19. The van der Waals surface area contributed by atoms with Gasteiger partial charge in [-0.3, -0.25) is 4.90 Å². The molecule has 29 heavy (non-hydrogen) atoms. The Balaban J connectivity index is 1.58. The van der Waals surface area contributed by atoms with Crippen LogP contribution in [0, 0.1) is 0 Å². The highest BCUT2D eigenvalue weighted by Gasteiger charge is 2.35. The summed E-state index contributed by atoms with van der Waals surface area (Å²) < 4.78 is 33.9. The topological polar surface area (TPSA) is 33.7 Å². The Bertz CT molecular complexity index is 972. The van der Waals surface area contributed by atoms with Gasteiger partial charge in [0.05, 0.1) is 17.8 Å². The lowest BCUT2D eigenvalue weighted by atomic mass is 9.86. The second-order valence-electron chi connectivity index (χ2n) is 9.27. The van der Waals surface area contributed by atoms with Crippen LogP contribution in [0.25, 0.3) is 0 Å². The van der Waals surface area contributed by atoms with Crippen molar-refractivity contribution < 1.29 is 13.6 Å². The van der Waals surface area contributed by atoms with Gasteiger partial charge in [0.25, 0.3) is 0 Å². The van der Waals surface area contributed by atoms with Crippen molar-refractivity contribution in [2.24, 2.45) is 0 Å². The highest BCUT2D eigenvalue weighted by Crippen LogP contribution is 2.45. The molecular weight excluding hydrogens is 360 g/mol. The zero-order valence-electron chi connectivity index (χ0n) is 20.9. The zero-order chi connectivity index (χ0) is 23.1. The van der Waals surface area contributed by atoms with Crippen molar-refractivity contribution in [2.45, 2.75) is 51.6 Å². The van der Waals surface area contributed by atoms with Crippen LogP contribution in [-0.4, -0.2) is 38.2 Å². The molecule has 4 heteroatoms. The number of hydrogen-bond donors (Lipinski definition) is 1. The number of methoxy groups -OCH3 is 1. The zero-order valence-corrected chi connectivity index (χ0v) is 17.9. The van der Waals surface area contributed by atoms with Gasteiger partial charge in [-0.15, -0.1) is 0 Å². The second-order valence-corrected chi connectivity index (χ2v) is 9.27. The van der Waals surface area contributed by atoms with Crippen molar-refractivity contribution in [2.75, 3.05) is 33.3 Å². The Hall–Kier alpha value is -2.04. The molecule has 2 aliphatic rings. The van der Waals surface area contributed by atoms with E-state index in [1.165, 1.54) is 11.1 Å². The van der Waals surface area contributed by atoms with Crippen molar-refractivity contribution in [3.8, 4) is 11.5 Å². The molecule has 4 nitrogen and oxygen atoms in total. The molecule has 0 saturated carbocycles. The summed E-state index contributed by atoms with van der Waals surface area (Å²) in [6.07, 6.45) is 0. The van der Waals surface area contributed by atoms with E-state index in [2.05, 4.69) is 68.2 Å². The molecule has 2 heterocycles.